The second-order valence-corrected chi connectivity index (χ2v) is 11.8. The van der Waals surface area contributed by atoms with Crippen LogP contribution in [0, 0.1) is 11.6 Å². The Labute approximate surface area is 232 Å². The number of thiazole rings is 1. The normalized spacial score (nSPS) is 15.5. The molecule has 3 amide bonds. The van der Waals surface area contributed by atoms with Gasteiger partial charge in [0.05, 0.1) is 15.7 Å². The minimum atomic E-state index is -4.40. The Balaban J connectivity index is 1.39. The highest BCUT2D eigenvalue weighted by Crippen LogP contribution is 2.35. The third-order valence-corrected chi connectivity index (χ3v) is 8.69. The molecular formula is C26H24F2N6O4S2. The van der Waals surface area contributed by atoms with E-state index in [0.29, 0.717) is 22.8 Å². The molecule has 2 aromatic carbocycles. The van der Waals surface area contributed by atoms with Crippen molar-refractivity contribution in [2.75, 3.05) is 22.8 Å². The number of amides is 3. The van der Waals surface area contributed by atoms with Crippen LogP contribution < -0.4 is 19.2 Å². The second kappa shape index (κ2) is 10.8. The van der Waals surface area contributed by atoms with E-state index in [1.807, 2.05) is 11.6 Å². The number of nitrogens with one attached hydrogen (secondary N) is 2. The summed E-state index contributed by atoms with van der Waals surface area (Å²) in [7, 11) is -2.92. The Morgan fingerprint density at radius 3 is 2.65 bits per heavy atom. The number of urea groups is 1. The number of nitrogens with zero attached hydrogens (tertiary/aromatic N) is 4. The summed E-state index contributed by atoms with van der Waals surface area (Å²) in [5.74, 6) is -2.30. The smallest absolute Gasteiger partial charge is 0.325 e. The van der Waals surface area contributed by atoms with Gasteiger partial charge in [-0.25, -0.2) is 32.6 Å². The zero-order valence-corrected chi connectivity index (χ0v) is 23.0. The lowest BCUT2D eigenvalue weighted by Crippen LogP contribution is -2.54. The standard InChI is InChI=1S/C26H24F2N6O4S2/c1-15-13-34(24-20(15)4-3-7-29-24)40(37,38)32-26(36)31-22(10-16-8-17(27)11-18(28)9-16)25(35)33(2)19-5-6-23-21(12-19)30-14-39-23/h3-9,11-12,14-15,22H,10,13H2,1-2H3,(H2,31,32,36). The van der Waals surface area contributed by atoms with E-state index in [0.717, 1.165) is 21.1 Å². The lowest BCUT2D eigenvalue weighted by atomic mass is 10.0. The van der Waals surface area contributed by atoms with Crippen LogP contribution in [0.3, 0.4) is 0 Å². The van der Waals surface area contributed by atoms with E-state index in [9.17, 15) is 26.8 Å². The molecule has 2 aromatic heterocycles. The molecule has 0 radical (unpaired) electrons. The summed E-state index contributed by atoms with van der Waals surface area (Å²) < 4.78 is 57.9. The summed E-state index contributed by atoms with van der Waals surface area (Å²) in [5, 5.41) is 2.38. The molecule has 0 bridgehead atoms. The largest absolute Gasteiger partial charge is 0.330 e. The van der Waals surface area contributed by atoms with Gasteiger partial charge in [-0.15, -0.1) is 11.3 Å². The molecular weight excluding hydrogens is 562 g/mol. The molecule has 4 aromatic rings. The highest BCUT2D eigenvalue weighted by atomic mass is 32.2. The highest BCUT2D eigenvalue weighted by molar-refractivity contribution is 7.91. The predicted octanol–water partition coefficient (Wildman–Crippen LogP) is 3.71. The zero-order valence-electron chi connectivity index (χ0n) is 21.3. The second-order valence-electron chi connectivity index (χ2n) is 9.36. The highest BCUT2D eigenvalue weighted by Gasteiger charge is 2.36. The number of anilines is 2. The van der Waals surface area contributed by atoms with Gasteiger partial charge in [0.15, 0.2) is 0 Å². The molecule has 5 rings (SSSR count). The van der Waals surface area contributed by atoms with Crippen molar-refractivity contribution in [1.29, 1.82) is 0 Å². The molecule has 0 saturated carbocycles. The molecule has 1 aliphatic rings. The van der Waals surface area contributed by atoms with Gasteiger partial charge < -0.3 is 10.2 Å². The van der Waals surface area contributed by atoms with Crippen molar-refractivity contribution in [2.24, 2.45) is 0 Å². The minimum Gasteiger partial charge on any atom is -0.325 e. The maximum Gasteiger partial charge on any atom is 0.330 e. The number of carbonyl (C=O) groups excluding carboxylic acids is 2. The molecule has 10 nitrogen and oxygen atoms in total. The van der Waals surface area contributed by atoms with Gasteiger partial charge in [0.1, 0.15) is 23.5 Å². The number of halogens is 2. The van der Waals surface area contributed by atoms with Gasteiger partial charge in [-0.2, -0.15) is 8.42 Å². The first-order valence-electron chi connectivity index (χ1n) is 12.1. The van der Waals surface area contributed by atoms with E-state index in [-0.39, 0.29) is 30.3 Å². The predicted molar refractivity (Wildman–Crippen MR) is 147 cm³/mol. The van der Waals surface area contributed by atoms with Gasteiger partial charge in [0, 0.05) is 49.4 Å². The molecule has 0 spiro atoms. The topological polar surface area (TPSA) is 125 Å². The van der Waals surface area contributed by atoms with Crippen molar-refractivity contribution < 1.29 is 26.8 Å². The third-order valence-electron chi connectivity index (χ3n) is 6.53. The number of fused-ring (bicyclic) bond motifs is 2. The molecule has 3 heterocycles. The number of likely N-dealkylation sites (N-methyl/N-ethyl adjacent to an activating group) is 1. The number of benzene rings is 2. The number of pyridine rings is 1. The Kier molecular flexibility index (Phi) is 7.38. The van der Waals surface area contributed by atoms with Crippen LogP contribution in [0.4, 0.5) is 25.1 Å². The summed E-state index contributed by atoms with van der Waals surface area (Å²) >= 11 is 1.43. The summed E-state index contributed by atoms with van der Waals surface area (Å²) in [6, 6.07) is 8.82. The van der Waals surface area contributed by atoms with Gasteiger partial charge in [-0.05, 0) is 42.0 Å². The summed E-state index contributed by atoms with van der Waals surface area (Å²) in [6.45, 7) is 1.91. The van der Waals surface area contributed by atoms with Crippen LogP contribution in [0.1, 0.15) is 24.0 Å². The zero-order chi connectivity index (χ0) is 28.6. The molecule has 0 fully saturated rings. The molecule has 2 atom stereocenters. The fourth-order valence-electron chi connectivity index (χ4n) is 4.59. The maximum atomic E-state index is 13.9. The number of aromatic nitrogens is 2. The van der Waals surface area contributed by atoms with Crippen LogP contribution in [0.25, 0.3) is 10.2 Å². The number of carbonyl (C=O) groups is 2. The summed E-state index contributed by atoms with van der Waals surface area (Å²) in [4.78, 5) is 36.2. The van der Waals surface area contributed by atoms with Crippen molar-refractivity contribution in [3.05, 3.63) is 83.0 Å². The maximum absolute atomic E-state index is 13.9. The molecule has 0 saturated heterocycles. The van der Waals surface area contributed by atoms with Gasteiger partial charge in [-0.3, -0.25) is 4.79 Å². The van der Waals surface area contributed by atoms with Crippen molar-refractivity contribution >= 4 is 55.2 Å². The van der Waals surface area contributed by atoms with Crippen molar-refractivity contribution in [3.63, 3.8) is 0 Å². The van der Waals surface area contributed by atoms with E-state index in [1.165, 1.54) is 29.5 Å². The summed E-state index contributed by atoms with van der Waals surface area (Å²) in [5.41, 5.74) is 3.60. The fourth-order valence-corrected chi connectivity index (χ4v) is 6.45. The van der Waals surface area contributed by atoms with Crippen molar-refractivity contribution in [3.8, 4) is 0 Å². The van der Waals surface area contributed by atoms with E-state index in [1.54, 1.807) is 35.8 Å². The molecule has 2 N–H and O–H groups in total. The Morgan fingerprint density at radius 1 is 1.15 bits per heavy atom. The van der Waals surface area contributed by atoms with Crippen LogP contribution in [0.2, 0.25) is 0 Å². The first kappa shape index (κ1) is 27.4. The molecule has 2 unspecified atom stereocenters. The number of hydrogen-bond donors (Lipinski definition) is 2. The van der Waals surface area contributed by atoms with Crippen LogP contribution in [-0.4, -0.2) is 50.0 Å². The van der Waals surface area contributed by atoms with E-state index >= 15 is 0 Å². The lowest BCUT2D eigenvalue weighted by molar-refractivity contribution is -0.120. The van der Waals surface area contributed by atoms with Gasteiger partial charge >= 0.3 is 16.2 Å². The van der Waals surface area contributed by atoms with Crippen molar-refractivity contribution in [1.82, 2.24) is 20.0 Å². The van der Waals surface area contributed by atoms with Gasteiger partial charge in [-0.1, -0.05) is 13.0 Å². The van der Waals surface area contributed by atoms with Crippen LogP contribution in [0.5, 0.6) is 0 Å². The van der Waals surface area contributed by atoms with Gasteiger partial charge in [0.2, 0.25) is 5.91 Å². The molecule has 40 heavy (non-hydrogen) atoms. The Morgan fingerprint density at radius 2 is 1.90 bits per heavy atom. The average molecular weight is 587 g/mol. The minimum absolute atomic E-state index is 0.0712. The molecule has 0 aliphatic carbocycles. The van der Waals surface area contributed by atoms with E-state index in [4.69, 9.17) is 0 Å². The third kappa shape index (κ3) is 5.58. The number of rotatable bonds is 7. The van der Waals surface area contributed by atoms with Crippen molar-refractivity contribution in [2.45, 2.75) is 25.3 Å². The monoisotopic (exact) mass is 586 g/mol. The molecule has 208 valence electrons. The number of hydrogen-bond acceptors (Lipinski definition) is 7. The fraction of sp³-hybridized carbons (Fsp3) is 0.231. The average Bonchev–Trinajstić information content (AvgIpc) is 3.51. The first-order valence-corrected chi connectivity index (χ1v) is 14.5. The summed E-state index contributed by atoms with van der Waals surface area (Å²) in [6.07, 6.45) is 1.14. The Hall–Kier alpha value is -4.17. The van der Waals surface area contributed by atoms with Crippen LogP contribution >= 0.6 is 11.3 Å². The molecule has 1 aliphatic heterocycles. The van der Waals surface area contributed by atoms with Crippen LogP contribution in [-0.2, 0) is 21.4 Å². The first-order chi connectivity index (χ1) is 19.0. The van der Waals surface area contributed by atoms with Gasteiger partial charge in [0.25, 0.3) is 0 Å². The van der Waals surface area contributed by atoms with E-state index < -0.39 is 39.8 Å². The Bertz CT molecular complexity index is 1690. The quantitative estimate of drug-likeness (QED) is 0.340. The lowest BCUT2D eigenvalue weighted by Gasteiger charge is -2.26. The molecule has 14 heteroatoms. The van der Waals surface area contributed by atoms with Crippen LogP contribution in [0.15, 0.2) is 60.2 Å². The SMILES string of the molecule is CC1CN(S(=O)(=O)NC(=O)NC(Cc2cc(F)cc(F)c2)C(=O)N(C)c2ccc3scnc3c2)c2ncccc21. The van der Waals surface area contributed by atoms with E-state index in [2.05, 4.69) is 15.3 Å².